The van der Waals surface area contributed by atoms with Gasteiger partial charge in [0.2, 0.25) is 6.04 Å². The number of carbonyl (C=O) groups is 2. The van der Waals surface area contributed by atoms with Crippen molar-refractivity contribution in [2.24, 2.45) is 5.41 Å². The van der Waals surface area contributed by atoms with Gasteiger partial charge in [0.05, 0.1) is 12.5 Å². The third-order valence-electron chi connectivity index (χ3n) is 5.23. The molecule has 1 aromatic rings. The van der Waals surface area contributed by atoms with Crippen molar-refractivity contribution in [2.45, 2.75) is 51.2 Å². The number of Topliss-reactive ketones (excluding diaryl/α,β-unsaturated/α-hetero) is 1. The number of nitro groups is 1. The lowest BCUT2D eigenvalue weighted by Crippen LogP contribution is -2.61. The molecule has 2 rings (SSSR count). The minimum absolute atomic E-state index is 0.0146. The molecule has 0 unspecified atom stereocenters. The summed E-state index contributed by atoms with van der Waals surface area (Å²) in [5.41, 5.74) is -2.92. The Morgan fingerprint density at radius 1 is 1.35 bits per heavy atom. The summed E-state index contributed by atoms with van der Waals surface area (Å²) in [4.78, 5) is 36.8. The molecule has 0 radical (unpaired) electrons. The fraction of sp³-hybridized carbons (Fsp3) is 0.556. The number of hydrogen-bond acceptors (Lipinski definition) is 6. The molecule has 142 valence electrons. The first-order valence-electron chi connectivity index (χ1n) is 8.37. The van der Waals surface area contributed by atoms with Crippen molar-refractivity contribution < 1.29 is 24.4 Å². The molecule has 0 spiro atoms. The Kier molecular flexibility index (Phi) is 5.87. The molecule has 7 nitrogen and oxygen atoms in total. The first kappa shape index (κ1) is 20.5. The summed E-state index contributed by atoms with van der Waals surface area (Å²) in [5, 5.41) is 22.6. The van der Waals surface area contributed by atoms with Crippen LogP contribution in [0.25, 0.3) is 0 Å². The zero-order valence-corrected chi connectivity index (χ0v) is 16.5. The van der Waals surface area contributed by atoms with E-state index in [1.807, 2.05) is 0 Å². The van der Waals surface area contributed by atoms with Crippen LogP contribution in [0.1, 0.15) is 45.1 Å². The highest BCUT2D eigenvalue weighted by Crippen LogP contribution is 2.53. The number of carbonyl (C=O) groups excluding carboxylic acids is 2. The molecule has 0 saturated heterocycles. The van der Waals surface area contributed by atoms with Crippen LogP contribution in [-0.2, 0) is 14.3 Å². The van der Waals surface area contributed by atoms with Crippen LogP contribution in [-0.4, -0.2) is 40.0 Å². The molecular weight excluding hydrogens is 406 g/mol. The van der Waals surface area contributed by atoms with Crippen LogP contribution in [0.15, 0.2) is 28.7 Å². The fourth-order valence-corrected chi connectivity index (χ4v) is 4.16. The van der Waals surface area contributed by atoms with Gasteiger partial charge >= 0.3 is 5.97 Å². The number of benzene rings is 1. The molecule has 1 saturated carbocycles. The third kappa shape index (κ3) is 3.40. The number of ether oxygens (including phenoxy) is 1. The van der Waals surface area contributed by atoms with Gasteiger partial charge in [0.25, 0.3) is 0 Å². The highest BCUT2D eigenvalue weighted by atomic mass is 79.9. The van der Waals surface area contributed by atoms with Gasteiger partial charge in [0.15, 0.2) is 0 Å². The van der Waals surface area contributed by atoms with E-state index in [2.05, 4.69) is 15.9 Å². The van der Waals surface area contributed by atoms with Crippen LogP contribution in [0.4, 0.5) is 0 Å². The number of nitrogens with zero attached hydrogens (tertiary/aromatic N) is 1. The maximum absolute atomic E-state index is 12.8. The van der Waals surface area contributed by atoms with E-state index in [0.29, 0.717) is 5.56 Å². The lowest BCUT2D eigenvalue weighted by molar-refractivity contribution is -0.555. The topological polar surface area (TPSA) is 107 Å². The van der Waals surface area contributed by atoms with Crippen molar-refractivity contribution in [1.29, 1.82) is 0 Å². The monoisotopic (exact) mass is 427 g/mol. The Labute approximate surface area is 160 Å². The van der Waals surface area contributed by atoms with Crippen molar-refractivity contribution in [3.05, 3.63) is 44.4 Å². The normalized spacial score (nSPS) is 31.3. The van der Waals surface area contributed by atoms with Gasteiger partial charge in [-0.2, -0.15) is 0 Å². The number of hydrogen-bond donors (Lipinski definition) is 1. The summed E-state index contributed by atoms with van der Waals surface area (Å²) < 4.78 is 5.90. The van der Waals surface area contributed by atoms with E-state index in [0.717, 1.165) is 4.47 Å². The first-order chi connectivity index (χ1) is 12.1. The predicted molar refractivity (Wildman–Crippen MR) is 97.3 cm³/mol. The largest absolute Gasteiger partial charge is 0.465 e. The molecule has 4 atom stereocenters. The number of rotatable bonds is 5. The quantitative estimate of drug-likeness (QED) is 0.335. The molecule has 0 amide bonds. The first-order valence-corrected chi connectivity index (χ1v) is 9.16. The predicted octanol–water partition coefficient (Wildman–Crippen LogP) is 2.86. The molecule has 0 heterocycles. The average Bonchev–Trinajstić information content (AvgIpc) is 2.54. The minimum atomic E-state index is -1.70. The Balaban J connectivity index is 2.75. The van der Waals surface area contributed by atoms with Gasteiger partial charge in [-0.25, -0.2) is 0 Å². The van der Waals surface area contributed by atoms with E-state index >= 15 is 0 Å². The number of aliphatic hydroxyl groups is 1. The molecule has 1 aliphatic carbocycles. The van der Waals surface area contributed by atoms with E-state index in [-0.39, 0.29) is 19.4 Å². The summed E-state index contributed by atoms with van der Waals surface area (Å²) in [6.07, 6.45) is -0.0662. The molecule has 1 aliphatic rings. The lowest BCUT2D eigenvalue weighted by Gasteiger charge is -2.46. The molecule has 0 aromatic heterocycles. The highest BCUT2D eigenvalue weighted by Gasteiger charge is 2.66. The summed E-state index contributed by atoms with van der Waals surface area (Å²) in [6, 6.07) is 5.11. The van der Waals surface area contributed by atoms with Gasteiger partial charge < -0.3 is 9.84 Å². The second-order valence-electron chi connectivity index (χ2n) is 6.86. The average molecular weight is 428 g/mol. The van der Waals surface area contributed by atoms with Crippen LogP contribution in [0, 0.1) is 15.5 Å². The van der Waals surface area contributed by atoms with E-state index in [9.17, 15) is 24.8 Å². The van der Waals surface area contributed by atoms with E-state index < -0.39 is 39.7 Å². The fourth-order valence-electron chi connectivity index (χ4n) is 3.90. The lowest BCUT2D eigenvalue weighted by atomic mass is 9.56. The Hall–Kier alpha value is -1.80. The molecule has 26 heavy (non-hydrogen) atoms. The van der Waals surface area contributed by atoms with Crippen LogP contribution < -0.4 is 0 Å². The molecular formula is C18H22BrNO6. The maximum Gasteiger partial charge on any atom is 0.320 e. The molecule has 0 bridgehead atoms. The summed E-state index contributed by atoms with van der Waals surface area (Å²) in [7, 11) is 0. The summed E-state index contributed by atoms with van der Waals surface area (Å²) in [6.45, 7) is 4.30. The highest BCUT2D eigenvalue weighted by molar-refractivity contribution is 9.10. The van der Waals surface area contributed by atoms with Gasteiger partial charge in [-0.05, 0) is 51.3 Å². The van der Waals surface area contributed by atoms with Gasteiger partial charge in [-0.15, -0.1) is 0 Å². The minimum Gasteiger partial charge on any atom is -0.465 e. The van der Waals surface area contributed by atoms with Crippen molar-refractivity contribution in [3.8, 4) is 0 Å². The number of halogens is 1. The Bertz CT molecular complexity index is 717. The number of esters is 1. The van der Waals surface area contributed by atoms with Crippen LogP contribution >= 0.6 is 15.9 Å². The van der Waals surface area contributed by atoms with Crippen molar-refractivity contribution in [2.75, 3.05) is 6.61 Å². The van der Waals surface area contributed by atoms with Crippen molar-refractivity contribution in [1.82, 2.24) is 0 Å². The van der Waals surface area contributed by atoms with Crippen LogP contribution in [0.3, 0.4) is 0 Å². The molecule has 1 fully saturated rings. The standard InChI is InChI=1S/C18H22BrNO6/c1-4-26-16(22)18(11(2)21)10-9-17(3,23)15(20(24)25)14(18)12-5-7-13(19)8-6-12/h5-8,14-15,23H,4,9-10H2,1-3H3/t14-,15-,17+,18-/m0/s1. The number of ketones is 1. The van der Waals surface area contributed by atoms with Gasteiger partial charge in [0.1, 0.15) is 16.8 Å². The van der Waals surface area contributed by atoms with Crippen molar-refractivity contribution >= 4 is 27.7 Å². The zero-order valence-electron chi connectivity index (χ0n) is 14.9. The molecule has 1 N–H and O–H groups in total. The van der Waals surface area contributed by atoms with Gasteiger partial charge in [-0.3, -0.25) is 19.7 Å². The van der Waals surface area contributed by atoms with E-state index in [1.54, 1.807) is 31.2 Å². The van der Waals surface area contributed by atoms with Crippen molar-refractivity contribution in [3.63, 3.8) is 0 Å². The summed E-state index contributed by atoms with van der Waals surface area (Å²) in [5.74, 6) is -2.40. The molecule has 0 aliphatic heterocycles. The van der Waals surface area contributed by atoms with E-state index in [4.69, 9.17) is 4.74 Å². The van der Waals surface area contributed by atoms with Crippen LogP contribution in [0.2, 0.25) is 0 Å². The maximum atomic E-state index is 12.8. The zero-order chi connectivity index (χ0) is 19.7. The van der Waals surface area contributed by atoms with Gasteiger partial charge in [-0.1, -0.05) is 28.1 Å². The second kappa shape index (κ2) is 7.44. The third-order valence-corrected chi connectivity index (χ3v) is 5.76. The molecule has 1 aromatic carbocycles. The van der Waals surface area contributed by atoms with Crippen LogP contribution in [0.5, 0.6) is 0 Å². The van der Waals surface area contributed by atoms with E-state index in [1.165, 1.54) is 13.8 Å². The summed E-state index contributed by atoms with van der Waals surface area (Å²) >= 11 is 3.31. The smallest absolute Gasteiger partial charge is 0.320 e. The second-order valence-corrected chi connectivity index (χ2v) is 7.78. The Morgan fingerprint density at radius 2 is 1.92 bits per heavy atom. The van der Waals surface area contributed by atoms with Gasteiger partial charge in [0, 0.05) is 9.40 Å². The Morgan fingerprint density at radius 3 is 2.38 bits per heavy atom. The molecule has 8 heteroatoms. The SMILES string of the molecule is CCOC(=O)[C@]1(C(C)=O)CC[C@@](C)(O)[C@@H]([N+](=O)[O-])[C@@H]1c1ccc(Br)cc1.